The van der Waals surface area contributed by atoms with Gasteiger partial charge in [0.1, 0.15) is 0 Å². The van der Waals surface area contributed by atoms with E-state index >= 15 is 0 Å². The third-order valence-corrected chi connectivity index (χ3v) is 2.77. The largest absolute Gasteiger partial charge is 0.490 e. The summed E-state index contributed by atoms with van der Waals surface area (Å²) in [5.41, 5.74) is 1.07. The molecule has 0 amide bonds. The van der Waals surface area contributed by atoms with Gasteiger partial charge >= 0.3 is 5.97 Å². The first-order valence-corrected chi connectivity index (χ1v) is 7.13. The minimum Gasteiger partial charge on any atom is -0.490 e. The van der Waals surface area contributed by atoms with Crippen molar-refractivity contribution < 1.29 is 19.4 Å². The molecule has 118 valence electrons. The molecule has 1 aromatic carbocycles. The summed E-state index contributed by atoms with van der Waals surface area (Å²) in [6, 6.07) is 5.54. The number of carbonyl (C=O) groups is 1. The van der Waals surface area contributed by atoms with Crippen LogP contribution in [0.25, 0.3) is 0 Å². The van der Waals surface area contributed by atoms with Crippen LogP contribution in [0.1, 0.15) is 18.9 Å². The molecule has 1 rings (SSSR count). The molecule has 0 aromatic heterocycles. The van der Waals surface area contributed by atoms with Gasteiger partial charge in [-0.15, -0.1) is 0 Å². The highest BCUT2D eigenvalue weighted by molar-refractivity contribution is 5.68. The van der Waals surface area contributed by atoms with Gasteiger partial charge in [-0.05, 0) is 51.2 Å². The van der Waals surface area contributed by atoms with Gasteiger partial charge in [-0.1, -0.05) is 6.07 Å². The lowest BCUT2D eigenvalue weighted by molar-refractivity contribution is -0.139. The van der Waals surface area contributed by atoms with Crippen molar-refractivity contribution >= 4 is 5.97 Å². The molecule has 0 bridgehead atoms. The fourth-order valence-electron chi connectivity index (χ4n) is 1.81. The van der Waals surface area contributed by atoms with Crippen molar-refractivity contribution in [3.8, 4) is 11.5 Å². The van der Waals surface area contributed by atoms with E-state index in [2.05, 4.69) is 10.6 Å². The highest BCUT2D eigenvalue weighted by atomic mass is 16.5. The summed E-state index contributed by atoms with van der Waals surface area (Å²) in [5.74, 6) is 0.0270. The van der Waals surface area contributed by atoms with E-state index in [1.54, 1.807) is 6.07 Å². The van der Waals surface area contributed by atoms with Crippen LogP contribution in [0.2, 0.25) is 0 Å². The van der Waals surface area contributed by atoms with E-state index in [-0.39, 0.29) is 6.61 Å². The van der Waals surface area contributed by atoms with Crippen LogP contribution in [-0.2, 0) is 11.3 Å². The molecule has 0 aliphatic carbocycles. The standard InChI is InChI=1S/C15H24N2O4/c1-3-20-14-9-12(10-17-8-4-7-16-2)5-6-13(14)21-11-15(18)19/h5-6,9,16-17H,3-4,7-8,10-11H2,1-2H3,(H,18,19). The van der Waals surface area contributed by atoms with Crippen molar-refractivity contribution in [2.45, 2.75) is 19.9 Å². The van der Waals surface area contributed by atoms with Gasteiger partial charge < -0.3 is 25.2 Å². The first-order valence-electron chi connectivity index (χ1n) is 7.13. The van der Waals surface area contributed by atoms with E-state index in [0.717, 1.165) is 31.6 Å². The number of ether oxygens (including phenoxy) is 2. The van der Waals surface area contributed by atoms with Crippen LogP contribution in [0.3, 0.4) is 0 Å². The molecule has 0 aliphatic rings. The molecule has 0 saturated heterocycles. The molecular formula is C15H24N2O4. The molecule has 21 heavy (non-hydrogen) atoms. The van der Waals surface area contributed by atoms with Gasteiger partial charge in [0.25, 0.3) is 0 Å². The van der Waals surface area contributed by atoms with Gasteiger partial charge in [0.15, 0.2) is 18.1 Å². The molecule has 6 heteroatoms. The minimum absolute atomic E-state index is 0.373. The van der Waals surface area contributed by atoms with Crippen molar-refractivity contribution in [3.05, 3.63) is 23.8 Å². The van der Waals surface area contributed by atoms with E-state index < -0.39 is 5.97 Å². The predicted octanol–water partition coefficient (Wildman–Crippen LogP) is 1.25. The van der Waals surface area contributed by atoms with Crippen molar-refractivity contribution in [2.24, 2.45) is 0 Å². The summed E-state index contributed by atoms with van der Waals surface area (Å²) >= 11 is 0. The number of aliphatic carboxylic acids is 1. The lowest BCUT2D eigenvalue weighted by Gasteiger charge is -2.13. The maximum Gasteiger partial charge on any atom is 0.341 e. The number of carboxylic acids is 1. The highest BCUT2D eigenvalue weighted by Gasteiger charge is 2.08. The van der Waals surface area contributed by atoms with E-state index in [1.165, 1.54) is 0 Å². The second-order valence-electron chi connectivity index (χ2n) is 4.53. The zero-order valence-electron chi connectivity index (χ0n) is 12.6. The van der Waals surface area contributed by atoms with E-state index in [0.29, 0.717) is 18.1 Å². The van der Waals surface area contributed by atoms with E-state index in [1.807, 2.05) is 26.1 Å². The molecule has 0 unspecified atom stereocenters. The van der Waals surface area contributed by atoms with Crippen molar-refractivity contribution in [1.82, 2.24) is 10.6 Å². The Morgan fingerprint density at radius 1 is 1.24 bits per heavy atom. The fraction of sp³-hybridized carbons (Fsp3) is 0.533. The van der Waals surface area contributed by atoms with Crippen LogP contribution < -0.4 is 20.1 Å². The van der Waals surface area contributed by atoms with Gasteiger partial charge in [0.2, 0.25) is 0 Å². The quantitative estimate of drug-likeness (QED) is 0.533. The molecule has 0 heterocycles. The minimum atomic E-state index is -1.01. The fourth-order valence-corrected chi connectivity index (χ4v) is 1.81. The molecule has 0 aliphatic heterocycles. The number of benzene rings is 1. The van der Waals surface area contributed by atoms with Crippen LogP contribution in [-0.4, -0.2) is 44.4 Å². The Kier molecular flexibility index (Phi) is 8.23. The van der Waals surface area contributed by atoms with Crippen LogP contribution in [0, 0.1) is 0 Å². The Balaban J connectivity index is 2.57. The molecule has 1 aromatic rings. The Hall–Kier alpha value is -1.79. The van der Waals surface area contributed by atoms with Crippen LogP contribution in [0.4, 0.5) is 0 Å². The van der Waals surface area contributed by atoms with Gasteiger partial charge in [0.05, 0.1) is 6.61 Å². The lowest BCUT2D eigenvalue weighted by atomic mass is 10.2. The third kappa shape index (κ3) is 6.97. The molecule has 0 fully saturated rings. The Bertz CT molecular complexity index is 438. The van der Waals surface area contributed by atoms with Crippen molar-refractivity contribution in [3.63, 3.8) is 0 Å². The summed E-state index contributed by atoms with van der Waals surface area (Å²) in [5, 5.41) is 15.1. The first kappa shape index (κ1) is 17.3. The van der Waals surface area contributed by atoms with Gasteiger partial charge in [-0.3, -0.25) is 0 Å². The smallest absolute Gasteiger partial charge is 0.341 e. The third-order valence-electron chi connectivity index (χ3n) is 2.77. The lowest BCUT2D eigenvalue weighted by Crippen LogP contribution is -2.19. The van der Waals surface area contributed by atoms with E-state index in [4.69, 9.17) is 14.6 Å². The Labute approximate surface area is 125 Å². The number of nitrogens with one attached hydrogen (secondary N) is 2. The molecule has 3 N–H and O–H groups in total. The van der Waals surface area contributed by atoms with Gasteiger partial charge in [0, 0.05) is 6.54 Å². The predicted molar refractivity (Wildman–Crippen MR) is 81.0 cm³/mol. The maximum absolute atomic E-state index is 10.6. The first-order chi connectivity index (χ1) is 10.2. The molecular weight excluding hydrogens is 272 g/mol. The normalized spacial score (nSPS) is 10.4. The summed E-state index contributed by atoms with van der Waals surface area (Å²) in [4.78, 5) is 10.6. The van der Waals surface area contributed by atoms with Crippen LogP contribution in [0.15, 0.2) is 18.2 Å². The summed E-state index contributed by atoms with van der Waals surface area (Å²) in [6.45, 7) is 4.66. The molecule has 0 radical (unpaired) electrons. The molecule has 0 atom stereocenters. The number of hydrogen-bond acceptors (Lipinski definition) is 5. The zero-order valence-corrected chi connectivity index (χ0v) is 12.6. The summed E-state index contributed by atoms with van der Waals surface area (Å²) in [6.07, 6.45) is 1.06. The number of carboxylic acid groups (broad SMARTS) is 1. The summed E-state index contributed by atoms with van der Waals surface area (Å²) < 4.78 is 10.7. The molecule has 0 spiro atoms. The van der Waals surface area contributed by atoms with Crippen molar-refractivity contribution in [2.75, 3.05) is 33.4 Å². The number of rotatable bonds is 11. The van der Waals surface area contributed by atoms with Gasteiger partial charge in [-0.25, -0.2) is 4.79 Å². The highest BCUT2D eigenvalue weighted by Crippen LogP contribution is 2.28. The second kappa shape index (κ2) is 10.0. The Morgan fingerprint density at radius 2 is 2.05 bits per heavy atom. The van der Waals surface area contributed by atoms with E-state index in [9.17, 15) is 4.79 Å². The van der Waals surface area contributed by atoms with Crippen LogP contribution in [0.5, 0.6) is 11.5 Å². The molecule has 6 nitrogen and oxygen atoms in total. The number of hydrogen-bond donors (Lipinski definition) is 3. The summed E-state index contributed by atoms with van der Waals surface area (Å²) in [7, 11) is 1.93. The van der Waals surface area contributed by atoms with Gasteiger partial charge in [-0.2, -0.15) is 0 Å². The maximum atomic E-state index is 10.6. The monoisotopic (exact) mass is 296 g/mol. The Morgan fingerprint density at radius 3 is 2.71 bits per heavy atom. The van der Waals surface area contributed by atoms with Crippen LogP contribution >= 0.6 is 0 Å². The SMILES string of the molecule is CCOc1cc(CNCCCNC)ccc1OCC(=O)O. The average Bonchev–Trinajstić information content (AvgIpc) is 2.46. The average molecular weight is 296 g/mol. The second-order valence-corrected chi connectivity index (χ2v) is 4.53. The van der Waals surface area contributed by atoms with Crippen molar-refractivity contribution in [1.29, 1.82) is 0 Å². The molecule has 0 saturated carbocycles. The zero-order chi connectivity index (χ0) is 15.5. The topological polar surface area (TPSA) is 79.8 Å².